The van der Waals surface area contributed by atoms with Crippen LogP contribution in [0.25, 0.3) is 0 Å². The van der Waals surface area contributed by atoms with Crippen LogP contribution in [0.1, 0.15) is 75.8 Å². The summed E-state index contributed by atoms with van der Waals surface area (Å²) < 4.78 is 62.0. The van der Waals surface area contributed by atoms with E-state index in [1.165, 1.54) is 19.3 Å². The van der Waals surface area contributed by atoms with Crippen molar-refractivity contribution in [2.45, 2.75) is 77.5 Å². The molecule has 1 rings (SSSR count). The van der Waals surface area contributed by atoms with E-state index in [0.717, 1.165) is 37.8 Å². The van der Waals surface area contributed by atoms with Gasteiger partial charge >= 0.3 is 18.1 Å². The Morgan fingerprint density at radius 1 is 0.897 bits per heavy atom. The number of esters is 2. The van der Waals surface area contributed by atoms with Gasteiger partial charge in [-0.05, 0) is 18.6 Å². The van der Waals surface area contributed by atoms with E-state index in [1.807, 2.05) is 0 Å². The molecule has 29 heavy (non-hydrogen) atoms. The van der Waals surface area contributed by atoms with Gasteiger partial charge in [-0.2, -0.15) is 13.2 Å². The Bertz CT molecular complexity index is 644. The number of benzene rings is 1. The van der Waals surface area contributed by atoms with E-state index in [1.54, 1.807) is 0 Å². The molecule has 0 amide bonds. The molecular formula is C21H28F4O4. The van der Waals surface area contributed by atoms with Crippen molar-refractivity contribution < 1.29 is 36.6 Å². The minimum Gasteiger partial charge on any atom is -0.466 e. The quantitative estimate of drug-likeness (QED) is 0.224. The third-order valence-electron chi connectivity index (χ3n) is 4.35. The maximum absolute atomic E-state index is 13.7. The highest BCUT2D eigenvalue weighted by Gasteiger charge is 2.34. The molecule has 0 aliphatic rings. The highest BCUT2D eigenvalue weighted by molar-refractivity contribution is 5.77. The lowest BCUT2D eigenvalue weighted by Crippen LogP contribution is -2.15. The van der Waals surface area contributed by atoms with Gasteiger partial charge in [0.2, 0.25) is 0 Å². The Morgan fingerprint density at radius 3 is 2.10 bits per heavy atom. The van der Waals surface area contributed by atoms with E-state index >= 15 is 0 Å². The molecule has 0 aliphatic carbocycles. The van der Waals surface area contributed by atoms with E-state index in [2.05, 4.69) is 6.92 Å². The van der Waals surface area contributed by atoms with E-state index in [9.17, 15) is 27.2 Å². The number of hydrogen-bond acceptors (Lipinski definition) is 4. The third kappa shape index (κ3) is 10.3. The van der Waals surface area contributed by atoms with Gasteiger partial charge in [-0.3, -0.25) is 9.59 Å². The first-order valence-electron chi connectivity index (χ1n) is 9.91. The molecule has 0 atom stereocenters. The lowest BCUT2D eigenvalue weighted by Gasteiger charge is -2.13. The van der Waals surface area contributed by atoms with Crippen LogP contribution in [-0.4, -0.2) is 18.5 Å². The summed E-state index contributed by atoms with van der Waals surface area (Å²) in [5, 5.41) is 0. The summed E-state index contributed by atoms with van der Waals surface area (Å²) in [5.74, 6) is -2.58. The van der Waals surface area contributed by atoms with Gasteiger partial charge in [0.1, 0.15) is 12.4 Å². The summed E-state index contributed by atoms with van der Waals surface area (Å²) >= 11 is 0. The van der Waals surface area contributed by atoms with Crippen molar-refractivity contribution in [1.29, 1.82) is 0 Å². The molecule has 0 fully saturated rings. The highest BCUT2D eigenvalue weighted by Crippen LogP contribution is 2.33. The maximum Gasteiger partial charge on any atom is 0.416 e. The number of carbonyl (C=O) groups is 2. The van der Waals surface area contributed by atoms with Gasteiger partial charge in [-0.25, -0.2) is 4.39 Å². The topological polar surface area (TPSA) is 52.6 Å². The lowest BCUT2D eigenvalue weighted by molar-refractivity contribution is -0.152. The van der Waals surface area contributed by atoms with Crippen molar-refractivity contribution in [3.05, 3.63) is 35.1 Å². The Hall–Kier alpha value is -2.12. The number of alkyl halides is 3. The first kappa shape index (κ1) is 24.9. The zero-order chi connectivity index (χ0) is 21.7. The Balaban J connectivity index is 2.25. The fourth-order valence-corrected chi connectivity index (χ4v) is 2.72. The lowest BCUT2D eigenvalue weighted by atomic mass is 10.1. The molecule has 0 aliphatic heterocycles. The predicted molar refractivity (Wildman–Crippen MR) is 99.4 cm³/mol. The summed E-state index contributed by atoms with van der Waals surface area (Å²) in [7, 11) is 0. The summed E-state index contributed by atoms with van der Waals surface area (Å²) in [6, 6.07) is 2.51. The number of unbranched alkanes of at least 4 members (excludes halogenated alkanes) is 6. The predicted octanol–water partition coefficient (Wildman–Crippen LogP) is 5.96. The minimum absolute atomic E-state index is 0.237. The second-order valence-corrected chi connectivity index (χ2v) is 6.77. The number of halogens is 4. The fourth-order valence-electron chi connectivity index (χ4n) is 2.72. The van der Waals surface area contributed by atoms with Crippen molar-refractivity contribution in [3.63, 3.8) is 0 Å². The van der Waals surface area contributed by atoms with Crippen LogP contribution in [0.15, 0.2) is 18.2 Å². The van der Waals surface area contributed by atoms with Gasteiger partial charge in [-0.1, -0.05) is 51.5 Å². The molecule has 164 valence electrons. The standard InChI is InChI=1S/C21H28F4O4/c1-2-3-4-5-6-7-8-14-28-19(26)12-13-20(27)29-15-16-17(21(23,24)25)10-9-11-18(16)22/h9-11H,2-8,12-15H2,1H3. The van der Waals surface area contributed by atoms with E-state index in [4.69, 9.17) is 9.47 Å². The molecule has 0 spiro atoms. The molecule has 1 aromatic carbocycles. The van der Waals surface area contributed by atoms with Crippen molar-refractivity contribution in [2.75, 3.05) is 6.61 Å². The average Bonchev–Trinajstić information content (AvgIpc) is 2.66. The highest BCUT2D eigenvalue weighted by atomic mass is 19.4. The maximum atomic E-state index is 13.7. The van der Waals surface area contributed by atoms with Crippen LogP contribution >= 0.6 is 0 Å². The first-order chi connectivity index (χ1) is 13.8. The molecule has 0 aromatic heterocycles. The SMILES string of the molecule is CCCCCCCCCOC(=O)CCC(=O)OCc1c(F)cccc1C(F)(F)F. The Labute approximate surface area is 168 Å². The van der Waals surface area contributed by atoms with E-state index in [0.29, 0.717) is 6.07 Å². The number of hydrogen-bond donors (Lipinski definition) is 0. The monoisotopic (exact) mass is 420 g/mol. The van der Waals surface area contributed by atoms with E-state index < -0.39 is 41.7 Å². The van der Waals surface area contributed by atoms with Crippen molar-refractivity contribution in [1.82, 2.24) is 0 Å². The molecule has 4 nitrogen and oxygen atoms in total. The zero-order valence-electron chi connectivity index (χ0n) is 16.7. The zero-order valence-corrected chi connectivity index (χ0v) is 16.7. The molecule has 0 saturated heterocycles. The molecule has 0 N–H and O–H groups in total. The van der Waals surface area contributed by atoms with Crippen molar-refractivity contribution >= 4 is 11.9 Å². The third-order valence-corrected chi connectivity index (χ3v) is 4.35. The normalized spacial score (nSPS) is 11.3. The fraction of sp³-hybridized carbons (Fsp3) is 0.619. The number of carbonyl (C=O) groups excluding carboxylic acids is 2. The van der Waals surface area contributed by atoms with Crippen LogP contribution < -0.4 is 0 Å². The molecule has 8 heteroatoms. The van der Waals surface area contributed by atoms with Gasteiger partial charge in [-0.15, -0.1) is 0 Å². The number of rotatable bonds is 13. The van der Waals surface area contributed by atoms with Gasteiger partial charge < -0.3 is 9.47 Å². The smallest absolute Gasteiger partial charge is 0.416 e. The molecule has 0 unspecified atom stereocenters. The van der Waals surface area contributed by atoms with Gasteiger partial charge in [0.15, 0.2) is 0 Å². The average molecular weight is 420 g/mol. The molecule has 1 aromatic rings. The van der Waals surface area contributed by atoms with Gasteiger partial charge in [0, 0.05) is 5.56 Å². The second-order valence-electron chi connectivity index (χ2n) is 6.77. The van der Waals surface area contributed by atoms with Crippen LogP contribution in [0.5, 0.6) is 0 Å². The summed E-state index contributed by atoms with van der Waals surface area (Å²) in [6.07, 6.45) is 2.22. The largest absolute Gasteiger partial charge is 0.466 e. The first-order valence-corrected chi connectivity index (χ1v) is 9.91. The summed E-state index contributed by atoms with van der Waals surface area (Å²) in [4.78, 5) is 23.3. The second kappa shape index (κ2) is 13.2. The molecule has 0 heterocycles. The summed E-state index contributed by atoms with van der Waals surface area (Å²) in [5.41, 5.74) is -1.94. The van der Waals surface area contributed by atoms with Crippen LogP contribution in [0.3, 0.4) is 0 Å². The van der Waals surface area contributed by atoms with Crippen LogP contribution in [-0.2, 0) is 31.8 Å². The van der Waals surface area contributed by atoms with Crippen molar-refractivity contribution in [2.24, 2.45) is 0 Å². The Kier molecular flexibility index (Phi) is 11.3. The Morgan fingerprint density at radius 2 is 1.48 bits per heavy atom. The van der Waals surface area contributed by atoms with E-state index in [-0.39, 0.29) is 19.4 Å². The van der Waals surface area contributed by atoms with Gasteiger partial charge in [0.25, 0.3) is 0 Å². The van der Waals surface area contributed by atoms with Crippen LogP contribution in [0.2, 0.25) is 0 Å². The molecule has 0 saturated carbocycles. The summed E-state index contributed by atoms with van der Waals surface area (Å²) in [6.45, 7) is 1.56. The molecule has 0 radical (unpaired) electrons. The molecular weight excluding hydrogens is 392 g/mol. The van der Waals surface area contributed by atoms with Gasteiger partial charge in [0.05, 0.1) is 25.0 Å². The van der Waals surface area contributed by atoms with Crippen LogP contribution in [0.4, 0.5) is 17.6 Å². The minimum atomic E-state index is -4.76. The van der Waals surface area contributed by atoms with Crippen LogP contribution in [0, 0.1) is 5.82 Å². The number of ether oxygens (including phenoxy) is 2. The van der Waals surface area contributed by atoms with Crippen molar-refractivity contribution in [3.8, 4) is 0 Å². The molecule has 0 bridgehead atoms.